The van der Waals surface area contributed by atoms with Crippen LogP contribution < -0.4 is 10.9 Å². The van der Waals surface area contributed by atoms with Gasteiger partial charge in [-0.3, -0.25) is 4.79 Å². The van der Waals surface area contributed by atoms with Crippen LogP contribution in [-0.2, 0) is 4.74 Å². The monoisotopic (exact) mass is 323 g/mol. The second-order valence-electron chi connectivity index (χ2n) is 5.91. The van der Waals surface area contributed by atoms with Crippen LogP contribution in [0.15, 0.2) is 15.3 Å². The highest BCUT2D eigenvalue weighted by Crippen LogP contribution is 2.27. The standard InChI is InChI=1S/C16H21NO4S/c1-10-8-13(11-2-5-20-6-3-11)21-16(19)14(10)15(18)17-12-4-7-22-9-12/h8,11-12H,2-7,9H2,1H3,(H,17,18). The molecule has 1 atom stereocenters. The van der Waals surface area contributed by atoms with E-state index >= 15 is 0 Å². The third-order valence-corrected chi connectivity index (χ3v) is 5.45. The maximum atomic E-state index is 12.3. The van der Waals surface area contributed by atoms with E-state index in [0.717, 1.165) is 30.8 Å². The molecule has 1 amide bonds. The van der Waals surface area contributed by atoms with Crippen molar-refractivity contribution in [3.8, 4) is 0 Å². The van der Waals surface area contributed by atoms with Crippen LogP contribution in [0.25, 0.3) is 0 Å². The van der Waals surface area contributed by atoms with Crippen molar-refractivity contribution in [1.29, 1.82) is 0 Å². The molecule has 1 N–H and O–H groups in total. The molecule has 0 saturated carbocycles. The quantitative estimate of drug-likeness (QED) is 0.922. The molecule has 2 aliphatic rings. The Morgan fingerprint density at radius 2 is 2.09 bits per heavy atom. The zero-order valence-corrected chi connectivity index (χ0v) is 13.5. The van der Waals surface area contributed by atoms with Crippen molar-refractivity contribution in [2.75, 3.05) is 24.7 Å². The lowest BCUT2D eigenvalue weighted by Gasteiger charge is -2.21. The first-order chi connectivity index (χ1) is 10.6. The van der Waals surface area contributed by atoms with Crippen LogP contribution in [-0.4, -0.2) is 36.7 Å². The highest BCUT2D eigenvalue weighted by molar-refractivity contribution is 7.99. The molecular weight excluding hydrogens is 302 g/mol. The highest BCUT2D eigenvalue weighted by atomic mass is 32.2. The summed E-state index contributed by atoms with van der Waals surface area (Å²) in [6, 6.07) is 2.00. The number of ether oxygens (including phenoxy) is 1. The molecule has 1 aromatic heterocycles. The molecule has 2 fully saturated rings. The van der Waals surface area contributed by atoms with Crippen molar-refractivity contribution in [2.45, 2.75) is 38.1 Å². The Bertz CT molecular complexity index is 601. The number of amides is 1. The molecular formula is C16H21NO4S. The Labute approximate surface area is 133 Å². The van der Waals surface area contributed by atoms with Gasteiger partial charge in [-0.15, -0.1) is 0 Å². The predicted octanol–water partition coefficient (Wildman–Crippen LogP) is 2.08. The fourth-order valence-corrected chi connectivity index (χ4v) is 4.15. The van der Waals surface area contributed by atoms with E-state index < -0.39 is 5.63 Å². The lowest BCUT2D eigenvalue weighted by atomic mass is 9.95. The molecule has 0 radical (unpaired) electrons. The van der Waals surface area contributed by atoms with Gasteiger partial charge in [-0.1, -0.05) is 0 Å². The van der Waals surface area contributed by atoms with Gasteiger partial charge in [0.25, 0.3) is 5.91 Å². The molecule has 1 aromatic rings. The van der Waals surface area contributed by atoms with Gasteiger partial charge < -0.3 is 14.5 Å². The van der Waals surface area contributed by atoms with Crippen molar-refractivity contribution in [2.24, 2.45) is 0 Å². The third kappa shape index (κ3) is 3.38. The van der Waals surface area contributed by atoms with E-state index in [0.29, 0.717) is 24.5 Å². The first-order valence-electron chi connectivity index (χ1n) is 7.76. The van der Waals surface area contributed by atoms with Crippen LogP contribution in [0.2, 0.25) is 0 Å². The number of hydrogen-bond acceptors (Lipinski definition) is 5. The summed E-state index contributed by atoms with van der Waals surface area (Å²) >= 11 is 1.82. The van der Waals surface area contributed by atoms with Crippen molar-refractivity contribution in [3.05, 3.63) is 33.4 Å². The number of carbonyl (C=O) groups is 1. The first-order valence-corrected chi connectivity index (χ1v) is 8.91. The molecule has 1 unspecified atom stereocenters. The van der Waals surface area contributed by atoms with E-state index in [1.807, 2.05) is 17.8 Å². The first kappa shape index (κ1) is 15.6. The van der Waals surface area contributed by atoms with Gasteiger partial charge in [0.1, 0.15) is 11.3 Å². The lowest BCUT2D eigenvalue weighted by molar-refractivity contribution is 0.0795. The molecule has 120 valence electrons. The maximum absolute atomic E-state index is 12.3. The summed E-state index contributed by atoms with van der Waals surface area (Å²) in [6.07, 6.45) is 2.67. The summed E-state index contributed by atoms with van der Waals surface area (Å²) in [6.45, 7) is 3.18. The van der Waals surface area contributed by atoms with Crippen molar-refractivity contribution in [3.63, 3.8) is 0 Å². The Balaban J connectivity index is 1.79. The van der Waals surface area contributed by atoms with Gasteiger partial charge in [0.2, 0.25) is 0 Å². The fourth-order valence-electron chi connectivity index (χ4n) is 3.00. The number of rotatable bonds is 3. The van der Waals surface area contributed by atoms with E-state index in [-0.39, 0.29) is 23.4 Å². The van der Waals surface area contributed by atoms with Gasteiger partial charge in [0.05, 0.1) is 0 Å². The minimum atomic E-state index is -0.523. The summed E-state index contributed by atoms with van der Waals surface area (Å²) in [5.74, 6) is 2.55. The van der Waals surface area contributed by atoms with E-state index in [4.69, 9.17) is 9.15 Å². The largest absolute Gasteiger partial charge is 0.427 e. The lowest BCUT2D eigenvalue weighted by Crippen LogP contribution is -2.37. The second kappa shape index (κ2) is 6.87. The van der Waals surface area contributed by atoms with Gasteiger partial charge in [0, 0.05) is 30.9 Å². The number of nitrogens with one attached hydrogen (secondary N) is 1. The molecule has 22 heavy (non-hydrogen) atoms. The van der Waals surface area contributed by atoms with Gasteiger partial charge in [-0.2, -0.15) is 11.8 Å². The van der Waals surface area contributed by atoms with Gasteiger partial charge in [0.15, 0.2) is 0 Å². The molecule has 3 heterocycles. The predicted molar refractivity (Wildman–Crippen MR) is 85.7 cm³/mol. The molecule has 5 nitrogen and oxygen atoms in total. The number of carbonyl (C=O) groups excluding carboxylic acids is 1. The topological polar surface area (TPSA) is 68.5 Å². The molecule has 6 heteroatoms. The van der Waals surface area contributed by atoms with Gasteiger partial charge >= 0.3 is 5.63 Å². The zero-order valence-electron chi connectivity index (χ0n) is 12.7. The van der Waals surface area contributed by atoms with E-state index in [1.54, 1.807) is 6.92 Å². The molecule has 0 spiro atoms. The van der Waals surface area contributed by atoms with E-state index in [9.17, 15) is 9.59 Å². The highest BCUT2D eigenvalue weighted by Gasteiger charge is 2.25. The van der Waals surface area contributed by atoms with Crippen molar-refractivity contribution >= 4 is 17.7 Å². The summed E-state index contributed by atoms with van der Waals surface area (Å²) < 4.78 is 10.8. The molecule has 0 bridgehead atoms. The number of hydrogen-bond donors (Lipinski definition) is 1. The summed E-state index contributed by atoms with van der Waals surface area (Å²) in [5.41, 5.74) is 0.318. The van der Waals surface area contributed by atoms with Crippen LogP contribution >= 0.6 is 11.8 Å². The molecule has 2 saturated heterocycles. The van der Waals surface area contributed by atoms with E-state index in [1.165, 1.54) is 0 Å². The Kier molecular flexibility index (Phi) is 4.88. The SMILES string of the molecule is Cc1cc(C2CCOCC2)oc(=O)c1C(=O)NC1CCSC1. The minimum absolute atomic E-state index is 0.146. The van der Waals surface area contributed by atoms with Crippen molar-refractivity contribution in [1.82, 2.24) is 5.32 Å². The number of aryl methyl sites for hydroxylation is 1. The van der Waals surface area contributed by atoms with Crippen LogP contribution in [0.4, 0.5) is 0 Å². The van der Waals surface area contributed by atoms with Gasteiger partial charge in [-0.05, 0) is 43.6 Å². The fraction of sp³-hybridized carbons (Fsp3) is 0.625. The molecule has 0 aromatic carbocycles. The molecule has 0 aliphatic carbocycles. The summed E-state index contributed by atoms with van der Waals surface area (Å²) in [7, 11) is 0. The third-order valence-electron chi connectivity index (χ3n) is 4.28. The number of thioether (sulfide) groups is 1. The average Bonchev–Trinajstić information content (AvgIpc) is 3.00. The second-order valence-corrected chi connectivity index (χ2v) is 7.06. The van der Waals surface area contributed by atoms with Crippen LogP contribution in [0.3, 0.4) is 0 Å². The molecule has 3 rings (SSSR count). The van der Waals surface area contributed by atoms with Crippen LogP contribution in [0.1, 0.15) is 46.9 Å². The van der Waals surface area contributed by atoms with Crippen LogP contribution in [0, 0.1) is 6.92 Å². The van der Waals surface area contributed by atoms with Crippen LogP contribution in [0.5, 0.6) is 0 Å². The Hall–Kier alpha value is -1.27. The summed E-state index contributed by atoms with van der Waals surface area (Å²) in [4.78, 5) is 24.6. The van der Waals surface area contributed by atoms with E-state index in [2.05, 4.69) is 5.32 Å². The Morgan fingerprint density at radius 1 is 1.32 bits per heavy atom. The van der Waals surface area contributed by atoms with Crippen molar-refractivity contribution < 1.29 is 13.9 Å². The normalized spacial score (nSPS) is 22.7. The molecule has 2 aliphatic heterocycles. The minimum Gasteiger partial charge on any atom is -0.427 e. The smallest absolute Gasteiger partial charge is 0.349 e. The summed E-state index contributed by atoms with van der Waals surface area (Å²) in [5, 5.41) is 2.94. The average molecular weight is 323 g/mol. The maximum Gasteiger partial charge on any atom is 0.349 e. The van der Waals surface area contributed by atoms with Gasteiger partial charge in [-0.25, -0.2) is 4.79 Å². The zero-order chi connectivity index (χ0) is 15.5. The Morgan fingerprint density at radius 3 is 2.73 bits per heavy atom.